The monoisotopic (exact) mass is 256 g/mol. The fourth-order valence-corrected chi connectivity index (χ4v) is 2.57. The lowest BCUT2D eigenvalue weighted by molar-refractivity contribution is 0.0788. The molecule has 3 rings (SSSR count). The van der Waals surface area contributed by atoms with Crippen LogP contribution < -0.4 is 5.73 Å². The molecule has 19 heavy (non-hydrogen) atoms. The summed E-state index contributed by atoms with van der Waals surface area (Å²) in [6.07, 6.45) is 0.820. The Morgan fingerprint density at radius 1 is 1.26 bits per heavy atom. The van der Waals surface area contributed by atoms with E-state index >= 15 is 0 Å². The highest BCUT2D eigenvalue weighted by molar-refractivity contribution is 6.03. The number of likely N-dealkylation sites (tertiary alicyclic amines) is 1. The van der Waals surface area contributed by atoms with Crippen LogP contribution in [-0.4, -0.2) is 35.0 Å². The SMILES string of the molecule is N[C@@H]1CCN(C(=O)c2ccc3ccccc3c2O)C1. The summed E-state index contributed by atoms with van der Waals surface area (Å²) in [5.41, 5.74) is 6.17. The van der Waals surface area contributed by atoms with Gasteiger partial charge in [-0.15, -0.1) is 0 Å². The molecule has 3 N–H and O–H groups in total. The number of rotatable bonds is 1. The molecule has 98 valence electrons. The topological polar surface area (TPSA) is 66.6 Å². The molecular formula is C15H16N2O2. The highest BCUT2D eigenvalue weighted by atomic mass is 16.3. The maximum absolute atomic E-state index is 12.4. The van der Waals surface area contributed by atoms with Crippen LogP contribution in [0.2, 0.25) is 0 Å². The van der Waals surface area contributed by atoms with Gasteiger partial charge in [0.2, 0.25) is 0 Å². The Bertz CT molecular complexity index is 639. The Morgan fingerprint density at radius 3 is 2.79 bits per heavy atom. The van der Waals surface area contributed by atoms with Crippen molar-refractivity contribution in [2.24, 2.45) is 5.73 Å². The molecule has 2 aromatic carbocycles. The molecule has 1 atom stereocenters. The lowest BCUT2D eigenvalue weighted by atomic mass is 10.0. The van der Waals surface area contributed by atoms with Crippen LogP contribution in [-0.2, 0) is 0 Å². The standard InChI is InChI=1S/C15H16N2O2/c16-11-7-8-17(9-11)15(19)13-6-5-10-3-1-2-4-12(10)14(13)18/h1-6,11,18H,7-9,16H2/t11-/m1/s1. The highest BCUT2D eigenvalue weighted by Crippen LogP contribution is 2.30. The van der Waals surface area contributed by atoms with Gasteiger partial charge in [0, 0.05) is 24.5 Å². The minimum absolute atomic E-state index is 0.0477. The van der Waals surface area contributed by atoms with E-state index in [0.29, 0.717) is 24.0 Å². The number of nitrogens with zero attached hydrogens (tertiary/aromatic N) is 1. The Hall–Kier alpha value is -2.07. The number of fused-ring (bicyclic) bond motifs is 1. The van der Waals surface area contributed by atoms with Crippen molar-refractivity contribution in [3.8, 4) is 5.75 Å². The van der Waals surface area contributed by atoms with Gasteiger partial charge in [0.15, 0.2) is 0 Å². The number of hydrogen-bond acceptors (Lipinski definition) is 3. The van der Waals surface area contributed by atoms with Crippen LogP contribution in [0.3, 0.4) is 0 Å². The van der Waals surface area contributed by atoms with Crippen molar-refractivity contribution in [3.05, 3.63) is 42.0 Å². The lowest BCUT2D eigenvalue weighted by Crippen LogP contribution is -2.31. The molecule has 1 aliphatic rings. The van der Waals surface area contributed by atoms with Crippen LogP contribution >= 0.6 is 0 Å². The fraction of sp³-hybridized carbons (Fsp3) is 0.267. The molecule has 0 aliphatic carbocycles. The molecule has 0 spiro atoms. The number of amides is 1. The first-order chi connectivity index (χ1) is 9.16. The van der Waals surface area contributed by atoms with Crippen LogP contribution in [0.4, 0.5) is 0 Å². The van der Waals surface area contributed by atoms with E-state index in [2.05, 4.69) is 0 Å². The minimum atomic E-state index is -0.142. The summed E-state index contributed by atoms with van der Waals surface area (Å²) in [5, 5.41) is 11.9. The van der Waals surface area contributed by atoms with E-state index in [0.717, 1.165) is 11.8 Å². The molecule has 0 bridgehead atoms. The van der Waals surface area contributed by atoms with Gasteiger partial charge in [0.1, 0.15) is 5.75 Å². The van der Waals surface area contributed by atoms with Crippen molar-refractivity contribution < 1.29 is 9.90 Å². The molecule has 1 aliphatic heterocycles. The normalized spacial score (nSPS) is 19.0. The van der Waals surface area contributed by atoms with Gasteiger partial charge in [0.05, 0.1) is 5.56 Å². The lowest BCUT2D eigenvalue weighted by Gasteiger charge is -2.17. The van der Waals surface area contributed by atoms with Crippen LogP contribution in [0.5, 0.6) is 5.75 Å². The van der Waals surface area contributed by atoms with Crippen molar-refractivity contribution in [1.29, 1.82) is 0 Å². The highest BCUT2D eigenvalue weighted by Gasteiger charge is 2.26. The number of carbonyl (C=O) groups excluding carboxylic acids is 1. The van der Waals surface area contributed by atoms with Crippen molar-refractivity contribution in [2.75, 3.05) is 13.1 Å². The van der Waals surface area contributed by atoms with Gasteiger partial charge in [-0.2, -0.15) is 0 Å². The van der Waals surface area contributed by atoms with Gasteiger partial charge >= 0.3 is 0 Å². The van der Waals surface area contributed by atoms with Crippen molar-refractivity contribution in [2.45, 2.75) is 12.5 Å². The number of phenolic OH excluding ortho intramolecular Hbond substituents is 1. The van der Waals surface area contributed by atoms with E-state index in [1.807, 2.05) is 30.3 Å². The van der Waals surface area contributed by atoms with Crippen molar-refractivity contribution in [1.82, 2.24) is 4.90 Å². The first-order valence-electron chi connectivity index (χ1n) is 6.42. The Kier molecular flexibility index (Phi) is 2.87. The molecule has 1 fully saturated rings. The summed E-state index contributed by atoms with van der Waals surface area (Å²) in [6, 6.07) is 11.1. The third kappa shape index (κ3) is 2.04. The number of carbonyl (C=O) groups is 1. The summed E-state index contributed by atoms with van der Waals surface area (Å²) < 4.78 is 0. The third-order valence-electron chi connectivity index (χ3n) is 3.64. The maximum Gasteiger partial charge on any atom is 0.257 e. The second-order valence-electron chi connectivity index (χ2n) is 4.98. The van der Waals surface area contributed by atoms with Crippen LogP contribution in [0.15, 0.2) is 36.4 Å². The molecule has 4 nitrogen and oxygen atoms in total. The van der Waals surface area contributed by atoms with Gasteiger partial charge in [-0.05, 0) is 17.9 Å². The predicted molar refractivity (Wildman–Crippen MR) is 74.1 cm³/mol. The number of benzene rings is 2. The van der Waals surface area contributed by atoms with Gasteiger partial charge in [-0.1, -0.05) is 30.3 Å². The average molecular weight is 256 g/mol. The van der Waals surface area contributed by atoms with Crippen molar-refractivity contribution in [3.63, 3.8) is 0 Å². The number of nitrogens with two attached hydrogens (primary N) is 1. The molecule has 1 saturated heterocycles. The maximum atomic E-state index is 12.4. The number of phenols is 1. The largest absolute Gasteiger partial charge is 0.506 e. The summed E-state index contributed by atoms with van der Waals surface area (Å²) in [6.45, 7) is 1.22. The summed E-state index contributed by atoms with van der Waals surface area (Å²) >= 11 is 0. The Morgan fingerprint density at radius 2 is 2.05 bits per heavy atom. The Labute approximate surface area is 111 Å². The summed E-state index contributed by atoms with van der Waals surface area (Å²) in [5.74, 6) is -0.0835. The fourth-order valence-electron chi connectivity index (χ4n) is 2.57. The van der Waals surface area contributed by atoms with Crippen LogP contribution in [0, 0.1) is 0 Å². The first kappa shape index (κ1) is 12.0. The molecule has 2 aromatic rings. The van der Waals surface area contributed by atoms with Crippen LogP contribution in [0.1, 0.15) is 16.8 Å². The zero-order valence-corrected chi connectivity index (χ0v) is 10.5. The molecule has 1 amide bonds. The van der Waals surface area contributed by atoms with Gasteiger partial charge in [-0.25, -0.2) is 0 Å². The quantitative estimate of drug-likeness (QED) is 0.816. The van der Waals surface area contributed by atoms with E-state index in [1.165, 1.54) is 0 Å². The summed E-state index contributed by atoms with van der Waals surface area (Å²) in [7, 11) is 0. The van der Waals surface area contributed by atoms with Crippen molar-refractivity contribution >= 4 is 16.7 Å². The predicted octanol–water partition coefficient (Wildman–Crippen LogP) is 1.72. The number of hydrogen-bond donors (Lipinski definition) is 2. The molecule has 0 saturated carbocycles. The van der Waals surface area contributed by atoms with Gasteiger partial charge < -0.3 is 15.7 Å². The van der Waals surface area contributed by atoms with Crippen LogP contribution in [0.25, 0.3) is 10.8 Å². The zero-order valence-electron chi connectivity index (χ0n) is 10.5. The molecule has 0 aromatic heterocycles. The summed E-state index contributed by atoms with van der Waals surface area (Å²) in [4.78, 5) is 14.1. The van der Waals surface area contributed by atoms with E-state index < -0.39 is 0 Å². The third-order valence-corrected chi connectivity index (χ3v) is 3.64. The first-order valence-corrected chi connectivity index (χ1v) is 6.42. The minimum Gasteiger partial charge on any atom is -0.506 e. The van der Waals surface area contributed by atoms with E-state index in [4.69, 9.17) is 5.73 Å². The second-order valence-corrected chi connectivity index (χ2v) is 4.98. The van der Waals surface area contributed by atoms with E-state index in [1.54, 1.807) is 11.0 Å². The van der Waals surface area contributed by atoms with Gasteiger partial charge in [0.25, 0.3) is 5.91 Å². The molecule has 0 unspecified atom stereocenters. The second kappa shape index (κ2) is 4.55. The van der Waals surface area contributed by atoms with E-state index in [-0.39, 0.29) is 17.7 Å². The zero-order chi connectivity index (χ0) is 13.4. The smallest absolute Gasteiger partial charge is 0.257 e. The molecule has 1 heterocycles. The van der Waals surface area contributed by atoms with Gasteiger partial charge in [-0.3, -0.25) is 4.79 Å². The number of aromatic hydroxyl groups is 1. The molecule has 4 heteroatoms. The average Bonchev–Trinajstić information content (AvgIpc) is 2.85. The molecular weight excluding hydrogens is 240 g/mol. The molecule has 0 radical (unpaired) electrons. The van der Waals surface area contributed by atoms with E-state index in [9.17, 15) is 9.90 Å². The Balaban J connectivity index is 2.01.